The summed E-state index contributed by atoms with van der Waals surface area (Å²) >= 11 is 0. The largest absolute Gasteiger partial charge is 0.867 e. The Balaban J connectivity index is 1.70. The molecule has 0 radical (unpaired) electrons. The van der Waals surface area contributed by atoms with Gasteiger partial charge in [0, 0.05) is 17.8 Å². The number of nitro groups is 2. The first-order valence-electron chi connectivity index (χ1n) is 8.65. The number of nitro benzene ring substituents is 2. The first-order chi connectivity index (χ1) is 14.4. The number of fused-ring (bicyclic) bond motifs is 1. The van der Waals surface area contributed by atoms with Crippen LogP contribution < -0.4 is 5.11 Å². The minimum atomic E-state index is -0.950. The minimum Gasteiger partial charge on any atom is -0.867 e. The predicted molar refractivity (Wildman–Crippen MR) is 108 cm³/mol. The van der Waals surface area contributed by atoms with Crippen molar-refractivity contribution >= 4 is 34.3 Å². The molecule has 0 aliphatic heterocycles. The molecule has 1 aromatic heterocycles. The quantitative estimate of drug-likeness (QED) is 0.304. The van der Waals surface area contributed by atoms with Crippen LogP contribution in [0.4, 0.5) is 17.1 Å². The van der Waals surface area contributed by atoms with Gasteiger partial charge in [0.05, 0.1) is 32.6 Å². The summed E-state index contributed by atoms with van der Waals surface area (Å²) in [5.41, 5.74) is 1.10. The molecule has 30 heavy (non-hydrogen) atoms. The topological polar surface area (TPSA) is 150 Å². The average molecular weight is 402 g/mol. The van der Waals surface area contributed by atoms with E-state index in [0.29, 0.717) is 28.6 Å². The van der Waals surface area contributed by atoms with E-state index >= 15 is 0 Å². The zero-order valence-electron chi connectivity index (χ0n) is 15.2. The Hall–Kier alpha value is -4.60. The fourth-order valence-corrected chi connectivity index (χ4v) is 2.91. The number of imidazole rings is 1. The fraction of sp³-hybridized carbons (Fsp3) is 0. The van der Waals surface area contributed by atoms with Crippen LogP contribution in [-0.2, 0) is 0 Å². The number of non-ortho nitro benzene ring substituents is 1. The second-order valence-corrected chi connectivity index (χ2v) is 6.31. The molecule has 0 aliphatic rings. The van der Waals surface area contributed by atoms with Crippen LogP contribution in [0.15, 0.2) is 65.7 Å². The van der Waals surface area contributed by atoms with Crippen LogP contribution in [0.3, 0.4) is 0 Å². The summed E-state index contributed by atoms with van der Waals surface area (Å²) < 4.78 is 0. The van der Waals surface area contributed by atoms with Gasteiger partial charge < -0.3 is 10.1 Å². The third-order valence-corrected chi connectivity index (χ3v) is 4.36. The van der Waals surface area contributed by atoms with E-state index in [1.54, 1.807) is 18.2 Å². The molecule has 0 aliphatic carbocycles. The second-order valence-electron chi connectivity index (χ2n) is 6.31. The zero-order chi connectivity index (χ0) is 21.3. The summed E-state index contributed by atoms with van der Waals surface area (Å²) in [5, 5.41) is 34.2. The van der Waals surface area contributed by atoms with Crippen molar-refractivity contribution < 1.29 is 15.0 Å². The van der Waals surface area contributed by atoms with Crippen LogP contribution in [0.1, 0.15) is 5.56 Å². The van der Waals surface area contributed by atoms with Crippen molar-refractivity contribution in [3.63, 3.8) is 0 Å². The number of nitrogens with one attached hydrogen (secondary N) is 1. The summed E-state index contributed by atoms with van der Waals surface area (Å²) in [4.78, 5) is 32.1. The molecule has 0 saturated heterocycles. The Labute approximate surface area is 168 Å². The van der Waals surface area contributed by atoms with Crippen molar-refractivity contribution in [1.82, 2.24) is 9.97 Å². The van der Waals surface area contributed by atoms with Gasteiger partial charge in [-0.25, -0.2) is 4.98 Å². The third-order valence-electron chi connectivity index (χ3n) is 4.36. The lowest BCUT2D eigenvalue weighted by molar-refractivity contribution is -0.403. The predicted octanol–water partition coefficient (Wildman–Crippen LogP) is 3.87. The molecule has 1 heterocycles. The number of aromatic nitrogens is 2. The lowest BCUT2D eigenvalue weighted by Gasteiger charge is -2.10. The molecule has 0 spiro atoms. The first kappa shape index (κ1) is 18.7. The highest BCUT2D eigenvalue weighted by molar-refractivity contribution is 5.90. The monoisotopic (exact) mass is 402 g/mol. The normalized spacial score (nSPS) is 11.2. The van der Waals surface area contributed by atoms with Gasteiger partial charge >= 0.3 is 0 Å². The van der Waals surface area contributed by atoms with Crippen molar-refractivity contribution in [2.45, 2.75) is 0 Å². The van der Waals surface area contributed by atoms with Crippen molar-refractivity contribution in [2.75, 3.05) is 0 Å². The number of aromatic amines is 1. The Morgan fingerprint density at radius 3 is 2.43 bits per heavy atom. The average Bonchev–Trinajstić information content (AvgIpc) is 3.16. The van der Waals surface area contributed by atoms with Gasteiger partial charge in [-0.15, -0.1) is 0 Å². The molecule has 148 valence electrons. The molecule has 4 rings (SSSR count). The van der Waals surface area contributed by atoms with E-state index in [9.17, 15) is 25.3 Å². The van der Waals surface area contributed by atoms with Gasteiger partial charge in [0.1, 0.15) is 5.82 Å². The van der Waals surface area contributed by atoms with E-state index in [1.807, 2.05) is 30.3 Å². The Kier molecular flexibility index (Phi) is 4.64. The number of benzene rings is 3. The van der Waals surface area contributed by atoms with Crippen molar-refractivity contribution in [3.8, 4) is 17.1 Å². The van der Waals surface area contributed by atoms with Gasteiger partial charge in [0.15, 0.2) is 0 Å². The lowest BCUT2D eigenvalue weighted by Crippen LogP contribution is -2.03. The molecule has 0 unspecified atom stereocenters. The SMILES string of the molecule is O=[N+]([O-])c1cc(C=Nc2ccc3nc(-c4ccccc4)[nH]c3c2)c([O-])c([N+](=O)[O-])c1. The van der Waals surface area contributed by atoms with Gasteiger partial charge in [-0.05, 0) is 29.5 Å². The van der Waals surface area contributed by atoms with Crippen molar-refractivity contribution in [3.05, 3.63) is 86.5 Å². The Bertz CT molecular complexity index is 1310. The molecule has 0 atom stereocenters. The maximum absolute atomic E-state index is 12.2. The molecule has 3 aromatic carbocycles. The van der Waals surface area contributed by atoms with Gasteiger partial charge in [-0.2, -0.15) is 0 Å². The second kappa shape index (κ2) is 7.43. The highest BCUT2D eigenvalue weighted by Crippen LogP contribution is 2.32. The van der Waals surface area contributed by atoms with Crippen LogP contribution in [-0.4, -0.2) is 26.0 Å². The maximum Gasteiger partial charge on any atom is 0.276 e. The van der Waals surface area contributed by atoms with E-state index in [0.717, 1.165) is 17.8 Å². The van der Waals surface area contributed by atoms with Gasteiger partial charge in [-0.1, -0.05) is 30.3 Å². The van der Waals surface area contributed by atoms with Crippen LogP contribution in [0, 0.1) is 20.2 Å². The van der Waals surface area contributed by atoms with Crippen LogP contribution in [0.25, 0.3) is 22.4 Å². The zero-order valence-corrected chi connectivity index (χ0v) is 15.2. The fourth-order valence-electron chi connectivity index (χ4n) is 2.91. The molecular formula is C20H12N5O5-. The van der Waals surface area contributed by atoms with Crippen LogP contribution in [0.5, 0.6) is 5.75 Å². The molecule has 0 saturated carbocycles. The molecule has 0 amide bonds. The summed E-state index contributed by atoms with van der Waals surface area (Å²) in [5.74, 6) is -0.258. The number of aliphatic imine (C=N–C) groups is 1. The van der Waals surface area contributed by atoms with E-state index in [-0.39, 0.29) is 5.56 Å². The number of H-pyrrole nitrogens is 1. The van der Waals surface area contributed by atoms with Crippen molar-refractivity contribution in [2.24, 2.45) is 4.99 Å². The molecular weight excluding hydrogens is 390 g/mol. The smallest absolute Gasteiger partial charge is 0.276 e. The number of hydrogen-bond acceptors (Lipinski definition) is 7. The van der Waals surface area contributed by atoms with Crippen LogP contribution >= 0.6 is 0 Å². The highest BCUT2D eigenvalue weighted by atomic mass is 16.6. The minimum absolute atomic E-state index is 0.245. The molecule has 1 N–H and O–H groups in total. The third kappa shape index (κ3) is 3.56. The standard InChI is InChI=1S/C20H13N5O5/c26-19-13(8-15(24(27)28)10-18(19)25(29)30)11-21-14-6-7-16-17(9-14)23-20(22-16)12-4-2-1-3-5-12/h1-11,26H,(H,22,23)/p-1. The summed E-state index contributed by atoms with van der Waals surface area (Å²) in [6.45, 7) is 0. The van der Waals surface area contributed by atoms with Gasteiger partial charge in [0.25, 0.3) is 11.4 Å². The Morgan fingerprint density at radius 1 is 0.967 bits per heavy atom. The van der Waals surface area contributed by atoms with Gasteiger partial charge in [-0.3, -0.25) is 25.2 Å². The van der Waals surface area contributed by atoms with E-state index < -0.39 is 27.0 Å². The van der Waals surface area contributed by atoms with E-state index in [4.69, 9.17) is 0 Å². The number of hydrogen-bond donors (Lipinski definition) is 1. The van der Waals surface area contributed by atoms with E-state index in [1.165, 1.54) is 0 Å². The maximum atomic E-state index is 12.2. The highest BCUT2D eigenvalue weighted by Gasteiger charge is 2.18. The Morgan fingerprint density at radius 2 is 1.73 bits per heavy atom. The molecule has 10 heteroatoms. The number of rotatable bonds is 5. The molecule has 10 nitrogen and oxygen atoms in total. The molecule has 4 aromatic rings. The first-order valence-corrected chi connectivity index (χ1v) is 8.65. The molecule has 0 fully saturated rings. The van der Waals surface area contributed by atoms with E-state index in [2.05, 4.69) is 15.0 Å². The summed E-state index contributed by atoms with van der Waals surface area (Å²) in [6.07, 6.45) is 1.08. The lowest BCUT2D eigenvalue weighted by atomic mass is 10.1. The summed E-state index contributed by atoms with van der Waals surface area (Å²) in [6, 6.07) is 16.2. The van der Waals surface area contributed by atoms with Gasteiger partial charge in [0.2, 0.25) is 0 Å². The van der Waals surface area contributed by atoms with Crippen LogP contribution in [0.2, 0.25) is 0 Å². The molecule has 0 bridgehead atoms. The summed E-state index contributed by atoms with van der Waals surface area (Å²) in [7, 11) is 0. The van der Waals surface area contributed by atoms with Crippen molar-refractivity contribution in [1.29, 1.82) is 0 Å². The number of nitrogens with zero attached hydrogens (tertiary/aromatic N) is 4.